The van der Waals surface area contributed by atoms with E-state index in [1.165, 1.54) is 12.8 Å². The molecule has 1 aliphatic carbocycles. The van der Waals surface area contributed by atoms with Gasteiger partial charge < -0.3 is 20.1 Å². The largest absolute Gasteiger partial charge is 0.493 e. The minimum Gasteiger partial charge on any atom is -0.493 e. The molecule has 0 saturated heterocycles. The van der Waals surface area contributed by atoms with Gasteiger partial charge in [-0.3, -0.25) is 4.79 Å². The van der Waals surface area contributed by atoms with Gasteiger partial charge in [0.05, 0.1) is 20.8 Å². The van der Waals surface area contributed by atoms with Crippen molar-refractivity contribution in [3.05, 3.63) is 23.8 Å². The number of carbonyl (C=O) groups is 1. The van der Waals surface area contributed by atoms with Crippen molar-refractivity contribution in [3.63, 3.8) is 0 Å². The molecule has 0 unspecified atom stereocenters. The van der Waals surface area contributed by atoms with Crippen LogP contribution >= 0.6 is 0 Å². The molecular weight excluding hydrogens is 268 g/mol. The molecule has 5 heteroatoms. The molecule has 1 fully saturated rings. The summed E-state index contributed by atoms with van der Waals surface area (Å²) in [5, 5.41) is 6.22. The Labute approximate surface area is 126 Å². The molecule has 2 N–H and O–H groups in total. The van der Waals surface area contributed by atoms with Gasteiger partial charge in [0, 0.05) is 12.6 Å². The number of nitrogens with one attached hydrogen (secondary N) is 2. The lowest BCUT2D eigenvalue weighted by Gasteiger charge is -2.13. The van der Waals surface area contributed by atoms with Crippen LogP contribution in [0.1, 0.15) is 31.2 Å². The first-order valence-corrected chi connectivity index (χ1v) is 7.44. The van der Waals surface area contributed by atoms with E-state index in [0.717, 1.165) is 18.4 Å². The summed E-state index contributed by atoms with van der Waals surface area (Å²) in [4.78, 5) is 11.8. The third-order valence-electron chi connectivity index (χ3n) is 3.78. The van der Waals surface area contributed by atoms with Crippen molar-refractivity contribution in [2.45, 2.75) is 38.3 Å². The molecule has 0 heterocycles. The number of carbonyl (C=O) groups excluding carboxylic acids is 1. The Morgan fingerprint density at radius 3 is 2.57 bits per heavy atom. The molecule has 21 heavy (non-hydrogen) atoms. The van der Waals surface area contributed by atoms with Gasteiger partial charge >= 0.3 is 0 Å². The summed E-state index contributed by atoms with van der Waals surface area (Å²) in [5.41, 5.74) is 1.06. The summed E-state index contributed by atoms with van der Waals surface area (Å²) in [6, 6.07) is 6.12. The Morgan fingerprint density at radius 2 is 1.90 bits per heavy atom. The van der Waals surface area contributed by atoms with Crippen molar-refractivity contribution < 1.29 is 14.3 Å². The van der Waals surface area contributed by atoms with Crippen molar-refractivity contribution >= 4 is 5.91 Å². The molecule has 0 atom stereocenters. The van der Waals surface area contributed by atoms with Gasteiger partial charge in [0.25, 0.3) is 0 Å². The van der Waals surface area contributed by atoms with Crippen molar-refractivity contribution in [1.29, 1.82) is 0 Å². The third kappa shape index (κ3) is 4.63. The highest BCUT2D eigenvalue weighted by Crippen LogP contribution is 2.27. The topological polar surface area (TPSA) is 59.6 Å². The standard InChI is InChI=1S/C16H24N2O3/c1-20-14-8-7-12(9-15(14)21-2)10-17-11-16(19)18-13-5-3-4-6-13/h7-9,13,17H,3-6,10-11H2,1-2H3,(H,18,19). The average molecular weight is 292 g/mol. The van der Waals surface area contributed by atoms with Crippen LogP contribution in [0.5, 0.6) is 11.5 Å². The zero-order valence-electron chi connectivity index (χ0n) is 12.8. The number of hydrogen-bond acceptors (Lipinski definition) is 4. The van der Waals surface area contributed by atoms with Crippen LogP contribution < -0.4 is 20.1 Å². The molecule has 1 saturated carbocycles. The molecule has 0 aromatic heterocycles. The molecule has 1 amide bonds. The Morgan fingerprint density at radius 1 is 1.19 bits per heavy atom. The highest BCUT2D eigenvalue weighted by Gasteiger charge is 2.16. The predicted octanol–water partition coefficient (Wildman–Crippen LogP) is 1.85. The number of amides is 1. The Balaban J connectivity index is 1.76. The van der Waals surface area contributed by atoms with E-state index < -0.39 is 0 Å². The average Bonchev–Trinajstić information content (AvgIpc) is 2.99. The molecule has 2 rings (SSSR count). The fourth-order valence-electron chi connectivity index (χ4n) is 2.66. The molecule has 1 aromatic carbocycles. The highest BCUT2D eigenvalue weighted by molar-refractivity contribution is 5.78. The van der Waals surface area contributed by atoms with E-state index in [1.54, 1.807) is 14.2 Å². The summed E-state index contributed by atoms with van der Waals surface area (Å²) in [6.07, 6.45) is 4.68. The number of rotatable bonds is 7. The van der Waals surface area contributed by atoms with Gasteiger partial charge in [-0.15, -0.1) is 0 Å². The van der Waals surface area contributed by atoms with Gasteiger partial charge in [0.2, 0.25) is 5.91 Å². The molecular formula is C16H24N2O3. The second-order valence-corrected chi connectivity index (χ2v) is 5.34. The van der Waals surface area contributed by atoms with Crippen LogP contribution in [0.15, 0.2) is 18.2 Å². The Hall–Kier alpha value is -1.75. The summed E-state index contributed by atoms with van der Waals surface area (Å²) < 4.78 is 10.5. The van der Waals surface area contributed by atoms with E-state index in [9.17, 15) is 4.79 Å². The Kier molecular flexibility index (Phi) is 5.87. The van der Waals surface area contributed by atoms with Gasteiger partial charge in [-0.2, -0.15) is 0 Å². The molecule has 0 spiro atoms. The van der Waals surface area contributed by atoms with Crippen LogP contribution in [0.25, 0.3) is 0 Å². The van der Waals surface area contributed by atoms with E-state index in [0.29, 0.717) is 30.6 Å². The molecule has 1 aromatic rings. The first-order chi connectivity index (χ1) is 10.2. The number of hydrogen-bond donors (Lipinski definition) is 2. The van der Waals surface area contributed by atoms with E-state index in [2.05, 4.69) is 10.6 Å². The SMILES string of the molecule is COc1ccc(CNCC(=O)NC2CCCC2)cc1OC. The van der Waals surface area contributed by atoms with E-state index in [-0.39, 0.29) is 5.91 Å². The maximum atomic E-state index is 11.8. The van der Waals surface area contributed by atoms with Crippen molar-refractivity contribution in [3.8, 4) is 11.5 Å². The first-order valence-electron chi connectivity index (χ1n) is 7.44. The monoisotopic (exact) mass is 292 g/mol. The molecule has 116 valence electrons. The smallest absolute Gasteiger partial charge is 0.234 e. The van der Waals surface area contributed by atoms with Crippen molar-refractivity contribution in [2.24, 2.45) is 0 Å². The van der Waals surface area contributed by atoms with Gasteiger partial charge in [0.15, 0.2) is 11.5 Å². The minimum atomic E-state index is 0.0716. The van der Waals surface area contributed by atoms with Gasteiger partial charge in [-0.05, 0) is 30.5 Å². The number of ether oxygens (including phenoxy) is 2. The molecule has 5 nitrogen and oxygen atoms in total. The minimum absolute atomic E-state index is 0.0716. The van der Waals surface area contributed by atoms with E-state index in [4.69, 9.17) is 9.47 Å². The number of benzene rings is 1. The van der Waals surface area contributed by atoms with Crippen LogP contribution in [-0.4, -0.2) is 32.7 Å². The van der Waals surface area contributed by atoms with Crippen molar-refractivity contribution in [2.75, 3.05) is 20.8 Å². The fourth-order valence-corrected chi connectivity index (χ4v) is 2.66. The van der Waals surface area contributed by atoms with Crippen LogP contribution in [0.2, 0.25) is 0 Å². The van der Waals surface area contributed by atoms with Crippen LogP contribution in [0.3, 0.4) is 0 Å². The molecule has 0 radical (unpaired) electrons. The van der Waals surface area contributed by atoms with Crippen LogP contribution in [0, 0.1) is 0 Å². The van der Waals surface area contributed by atoms with Crippen LogP contribution in [0.4, 0.5) is 0 Å². The van der Waals surface area contributed by atoms with Gasteiger partial charge in [-0.25, -0.2) is 0 Å². The number of methoxy groups -OCH3 is 2. The highest BCUT2D eigenvalue weighted by atomic mass is 16.5. The Bertz CT molecular complexity index is 471. The fraction of sp³-hybridized carbons (Fsp3) is 0.562. The van der Waals surface area contributed by atoms with E-state index in [1.807, 2.05) is 18.2 Å². The zero-order valence-corrected chi connectivity index (χ0v) is 12.8. The summed E-state index contributed by atoms with van der Waals surface area (Å²) in [7, 11) is 3.23. The second-order valence-electron chi connectivity index (χ2n) is 5.34. The molecule has 0 bridgehead atoms. The first kappa shape index (κ1) is 15.6. The van der Waals surface area contributed by atoms with E-state index >= 15 is 0 Å². The van der Waals surface area contributed by atoms with Crippen molar-refractivity contribution in [1.82, 2.24) is 10.6 Å². The lowest BCUT2D eigenvalue weighted by atomic mass is 10.2. The summed E-state index contributed by atoms with van der Waals surface area (Å²) in [5.74, 6) is 1.48. The quantitative estimate of drug-likeness (QED) is 0.805. The normalized spacial score (nSPS) is 15.0. The summed E-state index contributed by atoms with van der Waals surface area (Å²) in [6.45, 7) is 0.962. The molecule has 1 aliphatic rings. The predicted molar refractivity (Wildman–Crippen MR) is 81.7 cm³/mol. The maximum Gasteiger partial charge on any atom is 0.234 e. The van der Waals surface area contributed by atoms with Crippen LogP contribution in [-0.2, 0) is 11.3 Å². The second kappa shape index (κ2) is 7.88. The van der Waals surface area contributed by atoms with Gasteiger partial charge in [-0.1, -0.05) is 18.9 Å². The summed E-state index contributed by atoms with van der Waals surface area (Å²) >= 11 is 0. The third-order valence-corrected chi connectivity index (χ3v) is 3.78. The molecule has 0 aliphatic heterocycles. The maximum absolute atomic E-state index is 11.8. The zero-order chi connectivity index (χ0) is 15.1. The van der Waals surface area contributed by atoms with Gasteiger partial charge in [0.1, 0.15) is 0 Å². The lowest BCUT2D eigenvalue weighted by Crippen LogP contribution is -2.38. The lowest BCUT2D eigenvalue weighted by molar-refractivity contribution is -0.120.